The van der Waals surface area contributed by atoms with Crippen LogP contribution in [0.4, 0.5) is 0 Å². The Labute approximate surface area is 145 Å². The summed E-state index contributed by atoms with van der Waals surface area (Å²) in [6.45, 7) is 5.91. The van der Waals surface area contributed by atoms with E-state index in [4.69, 9.17) is 11.6 Å². The Morgan fingerprint density at radius 2 is 1.96 bits per heavy atom. The largest absolute Gasteiger partial charge is 0.352 e. The smallest absolute Gasteiger partial charge is 0.331 e. The molecule has 0 saturated heterocycles. The van der Waals surface area contributed by atoms with E-state index in [2.05, 4.69) is 5.32 Å². The average Bonchev–Trinajstić information content (AvgIpc) is 2.55. The normalized spacial score (nSPS) is 12.3. The number of fused-ring (bicyclic) bond motifs is 1. The third-order valence-electron chi connectivity index (χ3n) is 3.96. The molecule has 0 saturated carbocycles. The zero-order valence-electron chi connectivity index (χ0n) is 14.1. The second-order valence-electron chi connectivity index (χ2n) is 5.86. The Hall–Kier alpha value is -2.08. The highest BCUT2D eigenvalue weighted by Gasteiger charge is 2.16. The maximum atomic E-state index is 12.7. The molecule has 24 heavy (non-hydrogen) atoms. The molecular formula is C17H22ClN3O3. The lowest BCUT2D eigenvalue weighted by atomic mass is 10.2. The van der Waals surface area contributed by atoms with E-state index in [-0.39, 0.29) is 24.1 Å². The number of nitrogens with one attached hydrogen (secondary N) is 1. The molecule has 7 heteroatoms. The molecule has 1 N–H and O–H groups in total. The van der Waals surface area contributed by atoms with Crippen molar-refractivity contribution < 1.29 is 4.79 Å². The molecule has 1 heterocycles. The molecule has 0 unspecified atom stereocenters. The molecular weight excluding hydrogens is 330 g/mol. The molecule has 1 amide bonds. The van der Waals surface area contributed by atoms with E-state index in [0.717, 1.165) is 6.42 Å². The number of aromatic nitrogens is 2. The van der Waals surface area contributed by atoms with Gasteiger partial charge in [0.25, 0.3) is 5.56 Å². The number of amides is 1. The predicted octanol–water partition coefficient (Wildman–Crippen LogP) is 2.14. The number of nitrogens with zero attached hydrogens (tertiary/aromatic N) is 2. The highest BCUT2D eigenvalue weighted by atomic mass is 35.5. The molecule has 0 aliphatic heterocycles. The summed E-state index contributed by atoms with van der Waals surface area (Å²) in [5, 5.41) is 3.62. The Kier molecular flexibility index (Phi) is 5.83. The van der Waals surface area contributed by atoms with Gasteiger partial charge in [0.15, 0.2) is 0 Å². The highest BCUT2D eigenvalue weighted by molar-refractivity contribution is 6.31. The maximum absolute atomic E-state index is 12.7. The number of rotatable bonds is 6. The molecule has 0 bridgehead atoms. The number of carbonyl (C=O) groups is 1. The molecule has 2 aromatic rings. The fraction of sp³-hybridized carbons (Fsp3) is 0.471. The zero-order valence-corrected chi connectivity index (χ0v) is 14.9. The third-order valence-corrected chi connectivity index (χ3v) is 4.19. The topological polar surface area (TPSA) is 73.1 Å². The summed E-state index contributed by atoms with van der Waals surface area (Å²) in [6, 6.07) is 4.76. The number of carbonyl (C=O) groups excluding carboxylic acids is 1. The molecule has 0 fully saturated rings. The van der Waals surface area contributed by atoms with Crippen molar-refractivity contribution in [3.63, 3.8) is 0 Å². The Bertz CT molecular complexity index is 870. The molecule has 0 radical (unpaired) electrons. The van der Waals surface area contributed by atoms with Crippen molar-refractivity contribution in [1.29, 1.82) is 0 Å². The van der Waals surface area contributed by atoms with E-state index in [1.807, 2.05) is 20.8 Å². The van der Waals surface area contributed by atoms with Gasteiger partial charge in [0.2, 0.25) is 5.91 Å². The fourth-order valence-electron chi connectivity index (χ4n) is 2.53. The van der Waals surface area contributed by atoms with Gasteiger partial charge < -0.3 is 5.32 Å². The lowest BCUT2D eigenvalue weighted by Crippen LogP contribution is -2.43. The van der Waals surface area contributed by atoms with E-state index in [1.54, 1.807) is 18.2 Å². The summed E-state index contributed by atoms with van der Waals surface area (Å²) in [4.78, 5) is 37.4. The van der Waals surface area contributed by atoms with Crippen molar-refractivity contribution in [2.75, 3.05) is 0 Å². The molecule has 1 aromatic carbocycles. The highest BCUT2D eigenvalue weighted by Crippen LogP contribution is 2.15. The van der Waals surface area contributed by atoms with Crippen LogP contribution in [0.25, 0.3) is 10.9 Å². The molecule has 0 spiro atoms. The summed E-state index contributed by atoms with van der Waals surface area (Å²) in [7, 11) is 0. The van der Waals surface area contributed by atoms with Crippen LogP contribution >= 0.6 is 11.6 Å². The molecule has 2 rings (SSSR count). The maximum Gasteiger partial charge on any atom is 0.331 e. The summed E-state index contributed by atoms with van der Waals surface area (Å²) in [6.07, 6.45) is 1.44. The van der Waals surface area contributed by atoms with E-state index in [9.17, 15) is 14.4 Å². The summed E-state index contributed by atoms with van der Waals surface area (Å²) in [5.41, 5.74) is -0.466. The molecule has 1 atom stereocenters. The number of hydrogen-bond acceptors (Lipinski definition) is 3. The van der Waals surface area contributed by atoms with Gasteiger partial charge >= 0.3 is 5.69 Å². The van der Waals surface area contributed by atoms with E-state index >= 15 is 0 Å². The standard InChI is InChI=1S/C17H22ClN3O3/c1-4-8-20-16(23)13-7-6-12(18)9-14(13)21(17(20)24)10-15(22)19-11(3)5-2/h6-7,9,11H,4-5,8,10H2,1-3H3,(H,19,22)/t11-/m0/s1. The van der Waals surface area contributed by atoms with Crippen molar-refractivity contribution >= 4 is 28.4 Å². The summed E-state index contributed by atoms with van der Waals surface area (Å²) in [5.74, 6) is -0.269. The first-order chi connectivity index (χ1) is 11.4. The number of benzene rings is 1. The lowest BCUT2D eigenvalue weighted by Gasteiger charge is -2.16. The van der Waals surface area contributed by atoms with Crippen LogP contribution in [0.3, 0.4) is 0 Å². The minimum absolute atomic E-state index is 0.0181. The molecule has 130 valence electrons. The molecule has 6 nitrogen and oxygen atoms in total. The van der Waals surface area contributed by atoms with Crippen LogP contribution in [-0.4, -0.2) is 21.1 Å². The summed E-state index contributed by atoms with van der Waals surface area (Å²) < 4.78 is 2.49. The minimum atomic E-state index is -0.490. The first kappa shape index (κ1) is 18.3. The van der Waals surface area contributed by atoms with Gasteiger partial charge in [-0.1, -0.05) is 25.4 Å². The van der Waals surface area contributed by atoms with Gasteiger partial charge in [0.05, 0.1) is 10.9 Å². The zero-order chi connectivity index (χ0) is 17.9. The van der Waals surface area contributed by atoms with Crippen LogP contribution < -0.4 is 16.6 Å². The summed E-state index contributed by atoms with van der Waals surface area (Å²) >= 11 is 6.01. The van der Waals surface area contributed by atoms with Crippen LogP contribution in [0.2, 0.25) is 5.02 Å². The average molecular weight is 352 g/mol. The van der Waals surface area contributed by atoms with Crippen molar-refractivity contribution in [1.82, 2.24) is 14.5 Å². The Balaban J connectivity index is 2.62. The first-order valence-corrected chi connectivity index (χ1v) is 8.49. The monoisotopic (exact) mass is 351 g/mol. The minimum Gasteiger partial charge on any atom is -0.352 e. The van der Waals surface area contributed by atoms with Crippen LogP contribution in [0.5, 0.6) is 0 Å². The molecule has 1 aromatic heterocycles. The second-order valence-corrected chi connectivity index (χ2v) is 6.30. The van der Waals surface area contributed by atoms with E-state index in [1.165, 1.54) is 9.13 Å². The predicted molar refractivity (Wildman–Crippen MR) is 95.7 cm³/mol. The van der Waals surface area contributed by atoms with Gasteiger partial charge in [-0.2, -0.15) is 0 Å². The van der Waals surface area contributed by atoms with Crippen molar-refractivity contribution in [2.24, 2.45) is 0 Å². The van der Waals surface area contributed by atoms with Crippen molar-refractivity contribution in [2.45, 2.75) is 52.7 Å². The van der Waals surface area contributed by atoms with E-state index in [0.29, 0.717) is 28.9 Å². The van der Waals surface area contributed by atoms with E-state index < -0.39 is 5.69 Å². The number of halogens is 1. The lowest BCUT2D eigenvalue weighted by molar-refractivity contribution is -0.122. The van der Waals surface area contributed by atoms with Crippen LogP contribution in [0, 0.1) is 0 Å². The van der Waals surface area contributed by atoms with Gasteiger partial charge in [-0.05, 0) is 38.0 Å². The second kappa shape index (κ2) is 7.66. The van der Waals surface area contributed by atoms with Gasteiger partial charge in [0, 0.05) is 17.6 Å². The van der Waals surface area contributed by atoms with Gasteiger partial charge in [0.1, 0.15) is 6.54 Å². The quantitative estimate of drug-likeness (QED) is 0.866. The Morgan fingerprint density at radius 1 is 1.25 bits per heavy atom. The van der Waals surface area contributed by atoms with Gasteiger partial charge in [-0.15, -0.1) is 0 Å². The molecule has 0 aliphatic carbocycles. The van der Waals surface area contributed by atoms with Crippen LogP contribution in [-0.2, 0) is 17.9 Å². The van der Waals surface area contributed by atoms with Crippen molar-refractivity contribution in [3.8, 4) is 0 Å². The van der Waals surface area contributed by atoms with Crippen molar-refractivity contribution in [3.05, 3.63) is 44.1 Å². The Morgan fingerprint density at radius 3 is 2.58 bits per heavy atom. The SMILES string of the molecule is CCCn1c(=O)c2ccc(Cl)cc2n(CC(=O)N[C@@H](C)CC)c1=O. The van der Waals surface area contributed by atoms with Gasteiger partial charge in [-0.25, -0.2) is 4.79 Å². The number of hydrogen-bond donors (Lipinski definition) is 1. The third kappa shape index (κ3) is 3.70. The molecule has 0 aliphatic rings. The van der Waals surface area contributed by atoms with Gasteiger partial charge in [-0.3, -0.25) is 18.7 Å². The van der Waals surface area contributed by atoms with Crippen LogP contribution in [0.1, 0.15) is 33.6 Å². The first-order valence-electron chi connectivity index (χ1n) is 8.11. The fourth-order valence-corrected chi connectivity index (χ4v) is 2.70. The van der Waals surface area contributed by atoms with Crippen LogP contribution in [0.15, 0.2) is 27.8 Å².